The summed E-state index contributed by atoms with van der Waals surface area (Å²) in [5, 5.41) is 4.72. The lowest BCUT2D eigenvalue weighted by atomic mass is 10.1. The lowest BCUT2D eigenvalue weighted by molar-refractivity contribution is 0.0219. The van der Waals surface area contributed by atoms with Crippen molar-refractivity contribution >= 4 is 17.7 Å². The first-order valence-electron chi connectivity index (χ1n) is 8.18. The molecule has 0 bridgehead atoms. The Morgan fingerprint density at radius 1 is 1.40 bits per heavy atom. The van der Waals surface area contributed by atoms with Crippen molar-refractivity contribution in [3.63, 3.8) is 0 Å². The highest BCUT2D eigenvalue weighted by atomic mass is 35.5. The molecule has 0 saturated heterocycles. The molecule has 1 aliphatic heterocycles. The Kier molecular flexibility index (Phi) is 4.73. The third-order valence-electron chi connectivity index (χ3n) is 4.01. The molecule has 0 fully saturated rings. The van der Waals surface area contributed by atoms with Gasteiger partial charge in [-0.1, -0.05) is 17.7 Å². The maximum absolute atomic E-state index is 14.1. The molecule has 7 heteroatoms. The molecule has 3 rings (SSSR count). The van der Waals surface area contributed by atoms with Crippen LogP contribution in [-0.4, -0.2) is 32.9 Å². The number of carbonyl (C=O) groups is 1. The number of benzene rings is 1. The molecule has 0 radical (unpaired) electrons. The van der Waals surface area contributed by atoms with Crippen molar-refractivity contribution in [2.24, 2.45) is 0 Å². The largest absolute Gasteiger partial charge is 0.444 e. The molecule has 1 amide bonds. The van der Waals surface area contributed by atoms with Crippen molar-refractivity contribution in [3.8, 4) is 0 Å². The lowest BCUT2D eigenvalue weighted by Crippen LogP contribution is -2.40. The van der Waals surface area contributed by atoms with Crippen molar-refractivity contribution < 1.29 is 13.9 Å². The van der Waals surface area contributed by atoms with Crippen LogP contribution >= 0.6 is 11.6 Å². The molecule has 134 valence electrons. The fourth-order valence-corrected chi connectivity index (χ4v) is 2.95. The summed E-state index contributed by atoms with van der Waals surface area (Å²) in [7, 11) is 0. The number of fused-ring (bicyclic) bond motifs is 1. The maximum Gasteiger partial charge on any atom is 0.410 e. The molecule has 0 N–H and O–H groups in total. The van der Waals surface area contributed by atoms with E-state index in [0.29, 0.717) is 36.6 Å². The molecule has 0 unspecified atom stereocenters. The van der Waals surface area contributed by atoms with Crippen molar-refractivity contribution in [2.45, 2.75) is 45.9 Å². The Morgan fingerprint density at radius 2 is 2.16 bits per heavy atom. The summed E-state index contributed by atoms with van der Waals surface area (Å²) in [6.45, 7) is 6.80. The number of aromatic nitrogens is 2. The topological polar surface area (TPSA) is 47.4 Å². The summed E-state index contributed by atoms with van der Waals surface area (Å²) in [4.78, 5) is 14.0. The number of halogens is 2. The fourth-order valence-electron chi connectivity index (χ4n) is 2.79. The summed E-state index contributed by atoms with van der Waals surface area (Å²) < 4.78 is 21.2. The van der Waals surface area contributed by atoms with E-state index in [4.69, 9.17) is 16.3 Å². The zero-order valence-electron chi connectivity index (χ0n) is 14.6. The molecule has 2 aromatic rings. The Balaban J connectivity index is 1.78. The van der Waals surface area contributed by atoms with Crippen LogP contribution in [-0.2, 0) is 24.2 Å². The van der Waals surface area contributed by atoms with Crippen LogP contribution in [0.25, 0.3) is 0 Å². The number of rotatable bonds is 2. The van der Waals surface area contributed by atoms with Gasteiger partial charge < -0.3 is 9.64 Å². The van der Waals surface area contributed by atoms with Gasteiger partial charge in [0.25, 0.3) is 0 Å². The van der Waals surface area contributed by atoms with E-state index in [2.05, 4.69) is 5.10 Å². The molecule has 5 nitrogen and oxygen atoms in total. The lowest BCUT2D eigenvalue weighted by Gasteiger charge is -2.30. The zero-order valence-corrected chi connectivity index (χ0v) is 15.3. The highest BCUT2D eigenvalue weighted by Gasteiger charge is 2.28. The number of nitrogens with zero attached hydrogens (tertiary/aromatic N) is 3. The van der Waals surface area contributed by atoms with Crippen LogP contribution in [0.3, 0.4) is 0 Å². The average molecular weight is 366 g/mol. The van der Waals surface area contributed by atoms with Crippen LogP contribution in [0.2, 0.25) is 5.02 Å². The molecule has 1 aromatic carbocycles. The van der Waals surface area contributed by atoms with Gasteiger partial charge in [0, 0.05) is 17.1 Å². The van der Waals surface area contributed by atoms with Crippen LogP contribution in [0.5, 0.6) is 0 Å². The second-order valence-electron chi connectivity index (χ2n) is 7.16. The fraction of sp³-hybridized carbons (Fsp3) is 0.444. The predicted molar refractivity (Wildman–Crippen MR) is 93.1 cm³/mol. The van der Waals surface area contributed by atoms with E-state index in [-0.39, 0.29) is 11.9 Å². The molecule has 25 heavy (non-hydrogen) atoms. The van der Waals surface area contributed by atoms with Gasteiger partial charge in [0.2, 0.25) is 0 Å². The minimum atomic E-state index is -0.538. The van der Waals surface area contributed by atoms with Crippen LogP contribution in [0.4, 0.5) is 9.18 Å². The molecule has 1 aromatic heterocycles. The van der Waals surface area contributed by atoms with Crippen LogP contribution in [0.1, 0.15) is 37.6 Å². The maximum atomic E-state index is 14.1. The van der Waals surface area contributed by atoms with Crippen molar-refractivity contribution in [2.75, 3.05) is 6.54 Å². The van der Waals surface area contributed by atoms with Crippen molar-refractivity contribution in [1.82, 2.24) is 14.7 Å². The van der Waals surface area contributed by atoms with Crippen LogP contribution in [0, 0.1) is 5.82 Å². The highest BCUT2D eigenvalue weighted by Crippen LogP contribution is 2.23. The van der Waals surface area contributed by atoms with Gasteiger partial charge in [0.05, 0.1) is 25.0 Å². The molecule has 1 aliphatic rings. The van der Waals surface area contributed by atoms with Gasteiger partial charge in [0.15, 0.2) is 0 Å². The first-order chi connectivity index (χ1) is 11.7. The van der Waals surface area contributed by atoms with Gasteiger partial charge in [-0.25, -0.2) is 9.18 Å². The number of ether oxygens (including phenoxy) is 1. The second-order valence-corrected chi connectivity index (χ2v) is 7.60. The Bertz CT molecular complexity index is 798. The van der Waals surface area contributed by atoms with Gasteiger partial charge in [-0.2, -0.15) is 5.10 Å². The number of hydrogen-bond acceptors (Lipinski definition) is 3. The van der Waals surface area contributed by atoms with E-state index in [1.807, 2.05) is 20.8 Å². The molecular formula is C18H21ClFN3O2. The number of amides is 1. The average Bonchev–Trinajstić information content (AvgIpc) is 2.90. The first kappa shape index (κ1) is 17.7. The minimum Gasteiger partial charge on any atom is -0.444 e. The Hall–Kier alpha value is -2.08. The van der Waals surface area contributed by atoms with Gasteiger partial charge in [-0.05, 0) is 44.9 Å². The summed E-state index contributed by atoms with van der Waals surface area (Å²) in [6.07, 6.45) is 2.15. The molecule has 0 saturated carbocycles. The SMILES string of the molecule is CC(C)(C)OC(=O)N1CCc2cnn(Cc3ccc(Cl)cc3F)c2C1. The third kappa shape index (κ3) is 4.12. The summed E-state index contributed by atoms with van der Waals surface area (Å²) in [5.41, 5.74) is 1.95. The number of carbonyl (C=O) groups excluding carboxylic acids is 1. The number of hydrogen-bond donors (Lipinski definition) is 0. The van der Waals surface area contributed by atoms with Crippen LogP contribution < -0.4 is 0 Å². The highest BCUT2D eigenvalue weighted by molar-refractivity contribution is 6.30. The standard InChI is InChI=1S/C18H21ClFN3O2/c1-18(2,3)25-17(24)22-7-6-12-9-21-23(16(12)11-22)10-13-4-5-14(19)8-15(13)20/h4-5,8-9H,6-7,10-11H2,1-3H3. The van der Waals surface area contributed by atoms with Gasteiger partial charge in [-0.15, -0.1) is 0 Å². The summed E-state index contributed by atoms with van der Waals surface area (Å²) in [6, 6.07) is 4.60. The molecular weight excluding hydrogens is 345 g/mol. The second kappa shape index (κ2) is 6.67. The molecule has 0 atom stereocenters. The van der Waals surface area contributed by atoms with E-state index in [1.54, 1.807) is 27.9 Å². The van der Waals surface area contributed by atoms with E-state index in [0.717, 1.165) is 11.3 Å². The smallest absolute Gasteiger partial charge is 0.410 e. The van der Waals surface area contributed by atoms with E-state index in [1.165, 1.54) is 6.07 Å². The first-order valence-corrected chi connectivity index (χ1v) is 8.56. The van der Waals surface area contributed by atoms with E-state index >= 15 is 0 Å². The molecule has 0 aliphatic carbocycles. The van der Waals surface area contributed by atoms with Gasteiger partial charge in [-0.3, -0.25) is 4.68 Å². The van der Waals surface area contributed by atoms with Gasteiger partial charge >= 0.3 is 6.09 Å². The van der Waals surface area contributed by atoms with E-state index < -0.39 is 5.60 Å². The van der Waals surface area contributed by atoms with Gasteiger partial charge in [0.1, 0.15) is 11.4 Å². The molecule has 2 heterocycles. The van der Waals surface area contributed by atoms with E-state index in [9.17, 15) is 9.18 Å². The predicted octanol–water partition coefficient (Wildman–Crippen LogP) is 4.02. The quantitative estimate of drug-likeness (QED) is 0.807. The Labute approximate surface area is 151 Å². The van der Waals surface area contributed by atoms with Crippen LogP contribution in [0.15, 0.2) is 24.4 Å². The summed E-state index contributed by atoms with van der Waals surface area (Å²) in [5.74, 6) is -0.364. The third-order valence-corrected chi connectivity index (χ3v) is 4.25. The zero-order chi connectivity index (χ0) is 18.2. The molecule has 0 spiro atoms. The minimum absolute atomic E-state index is 0.292. The van der Waals surface area contributed by atoms with Crippen molar-refractivity contribution in [3.05, 3.63) is 52.1 Å². The summed E-state index contributed by atoms with van der Waals surface area (Å²) >= 11 is 5.80. The normalized spacial score (nSPS) is 14.4. The van der Waals surface area contributed by atoms with Crippen molar-refractivity contribution in [1.29, 1.82) is 0 Å². The Morgan fingerprint density at radius 3 is 2.84 bits per heavy atom. The monoisotopic (exact) mass is 365 g/mol.